The maximum atomic E-state index is 13.3. The van der Waals surface area contributed by atoms with Crippen LogP contribution in [-0.2, 0) is 16.4 Å². The molecule has 0 radical (unpaired) electrons. The van der Waals surface area contributed by atoms with Gasteiger partial charge in [0.05, 0.1) is 40.3 Å². The number of rotatable bonds is 10. The summed E-state index contributed by atoms with van der Waals surface area (Å²) in [6.45, 7) is 8.22. The van der Waals surface area contributed by atoms with Crippen molar-refractivity contribution < 1.29 is 22.3 Å². The Labute approximate surface area is 199 Å². The first-order chi connectivity index (χ1) is 16.3. The van der Waals surface area contributed by atoms with Gasteiger partial charge in [-0.15, -0.1) is 0 Å². The Bertz CT molecular complexity index is 1250. The minimum atomic E-state index is -3.72. The Morgan fingerprint density at radius 3 is 2.35 bits per heavy atom. The second-order valence-corrected chi connectivity index (χ2v) is 9.32. The SMILES string of the molecule is CCOc1ccc(S(=O)(=O)N(CC)CC)cc1NC(=O)c1cnn(-c2ccc(F)cc2)c1CC. The first kappa shape index (κ1) is 25.4. The van der Waals surface area contributed by atoms with Gasteiger partial charge in [0, 0.05) is 13.1 Å². The van der Waals surface area contributed by atoms with Gasteiger partial charge in [-0.05, 0) is 55.8 Å². The Morgan fingerprint density at radius 2 is 1.76 bits per heavy atom. The van der Waals surface area contributed by atoms with Gasteiger partial charge < -0.3 is 10.1 Å². The molecular weight excluding hydrogens is 459 g/mol. The van der Waals surface area contributed by atoms with E-state index >= 15 is 0 Å². The van der Waals surface area contributed by atoms with Crippen LogP contribution in [0.15, 0.2) is 53.6 Å². The molecule has 0 atom stereocenters. The Kier molecular flexibility index (Phi) is 8.06. The van der Waals surface area contributed by atoms with Gasteiger partial charge in [-0.1, -0.05) is 20.8 Å². The number of anilines is 1. The van der Waals surface area contributed by atoms with E-state index in [-0.39, 0.29) is 16.4 Å². The van der Waals surface area contributed by atoms with E-state index in [1.807, 2.05) is 6.92 Å². The standard InChI is InChI=1S/C24H29FN4O4S/c1-5-22-20(16-26-29(22)18-11-9-17(25)10-12-18)24(30)27-21-15-19(13-14-23(21)33-8-4)34(31,32)28(6-2)7-3/h9-16H,5-8H2,1-4H3,(H,27,30). The molecule has 0 unspecified atom stereocenters. The van der Waals surface area contributed by atoms with E-state index in [0.717, 1.165) is 0 Å². The Morgan fingerprint density at radius 1 is 1.09 bits per heavy atom. The summed E-state index contributed by atoms with van der Waals surface area (Å²) >= 11 is 0. The predicted octanol–water partition coefficient (Wildman–Crippen LogP) is 4.26. The highest BCUT2D eigenvalue weighted by Crippen LogP contribution is 2.30. The summed E-state index contributed by atoms with van der Waals surface area (Å²) < 4.78 is 47.8. The van der Waals surface area contributed by atoms with Crippen molar-refractivity contribution in [3.05, 3.63) is 65.7 Å². The maximum Gasteiger partial charge on any atom is 0.259 e. The summed E-state index contributed by atoms with van der Waals surface area (Å²) in [4.78, 5) is 13.3. The predicted molar refractivity (Wildman–Crippen MR) is 129 cm³/mol. The smallest absolute Gasteiger partial charge is 0.259 e. The lowest BCUT2D eigenvalue weighted by Gasteiger charge is -2.20. The molecule has 0 saturated carbocycles. The topological polar surface area (TPSA) is 93.5 Å². The average molecular weight is 489 g/mol. The molecule has 0 aliphatic carbocycles. The number of amides is 1. The number of carbonyl (C=O) groups excluding carboxylic acids is 1. The van der Waals surface area contributed by atoms with E-state index in [0.29, 0.717) is 48.8 Å². The van der Waals surface area contributed by atoms with Gasteiger partial charge in [0.1, 0.15) is 11.6 Å². The number of hydrogen-bond acceptors (Lipinski definition) is 5. The first-order valence-electron chi connectivity index (χ1n) is 11.2. The van der Waals surface area contributed by atoms with Gasteiger partial charge in [-0.25, -0.2) is 17.5 Å². The molecule has 1 heterocycles. The molecule has 3 aromatic rings. The van der Waals surface area contributed by atoms with Crippen LogP contribution in [0, 0.1) is 5.82 Å². The fourth-order valence-corrected chi connectivity index (χ4v) is 5.14. The van der Waals surface area contributed by atoms with Gasteiger partial charge in [-0.3, -0.25) is 4.79 Å². The summed E-state index contributed by atoms with van der Waals surface area (Å²) in [7, 11) is -3.72. The summed E-state index contributed by atoms with van der Waals surface area (Å²) in [5.74, 6) is -0.461. The van der Waals surface area contributed by atoms with Gasteiger partial charge in [-0.2, -0.15) is 9.40 Å². The molecule has 34 heavy (non-hydrogen) atoms. The highest BCUT2D eigenvalue weighted by atomic mass is 32.2. The largest absolute Gasteiger partial charge is 0.492 e. The quantitative estimate of drug-likeness (QED) is 0.460. The second kappa shape index (κ2) is 10.8. The fraction of sp³-hybridized carbons (Fsp3) is 0.333. The lowest BCUT2D eigenvalue weighted by Crippen LogP contribution is -2.30. The monoisotopic (exact) mass is 488 g/mol. The number of sulfonamides is 1. The number of carbonyl (C=O) groups is 1. The maximum absolute atomic E-state index is 13.3. The molecule has 0 saturated heterocycles. The van der Waals surface area contributed by atoms with E-state index < -0.39 is 15.9 Å². The van der Waals surface area contributed by atoms with E-state index in [4.69, 9.17) is 4.74 Å². The number of ether oxygens (including phenoxy) is 1. The van der Waals surface area contributed by atoms with Crippen LogP contribution in [0.4, 0.5) is 10.1 Å². The van der Waals surface area contributed by atoms with Crippen molar-refractivity contribution in [1.82, 2.24) is 14.1 Å². The van der Waals surface area contributed by atoms with Crippen LogP contribution in [0.2, 0.25) is 0 Å². The van der Waals surface area contributed by atoms with Gasteiger partial charge in [0.2, 0.25) is 10.0 Å². The minimum Gasteiger partial charge on any atom is -0.492 e. The average Bonchev–Trinajstić information content (AvgIpc) is 3.25. The first-order valence-corrected chi connectivity index (χ1v) is 12.6. The number of nitrogens with one attached hydrogen (secondary N) is 1. The molecule has 0 aliphatic rings. The van der Waals surface area contributed by atoms with Crippen molar-refractivity contribution in [1.29, 1.82) is 0 Å². The lowest BCUT2D eigenvalue weighted by molar-refractivity contribution is 0.102. The molecule has 1 N–H and O–H groups in total. The number of halogens is 1. The molecular formula is C24H29FN4O4S. The van der Waals surface area contributed by atoms with Gasteiger partial charge >= 0.3 is 0 Å². The summed E-state index contributed by atoms with van der Waals surface area (Å²) in [6, 6.07) is 10.2. The van der Waals surface area contributed by atoms with Crippen molar-refractivity contribution in [3.8, 4) is 11.4 Å². The van der Waals surface area contributed by atoms with Crippen LogP contribution >= 0.6 is 0 Å². The highest BCUT2D eigenvalue weighted by Gasteiger charge is 2.24. The number of benzene rings is 2. The van der Waals surface area contributed by atoms with Crippen LogP contribution in [0.25, 0.3) is 5.69 Å². The van der Waals surface area contributed by atoms with E-state index in [1.54, 1.807) is 37.6 Å². The van der Waals surface area contributed by atoms with Gasteiger partial charge in [0.15, 0.2) is 0 Å². The molecule has 2 aromatic carbocycles. The van der Waals surface area contributed by atoms with Crippen LogP contribution < -0.4 is 10.1 Å². The van der Waals surface area contributed by atoms with E-state index in [1.165, 1.54) is 40.8 Å². The zero-order chi connectivity index (χ0) is 24.9. The summed E-state index contributed by atoms with van der Waals surface area (Å²) in [5.41, 5.74) is 1.83. The zero-order valence-electron chi connectivity index (χ0n) is 19.7. The van der Waals surface area contributed by atoms with E-state index in [9.17, 15) is 17.6 Å². The van der Waals surface area contributed by atoms with Crippen molar-refractivity contribution in [2.75, 3.05) is 25.0 Å². The van der Waals surface area contributed by atoms with Gasteiger partial charge in [0.25, 0.3) is 5.91 Å². The van der Waals surface area contributed by atoms with Crippen molar-refractivity contribution >= 4 is 21.6 Å². The van der Waals surface area contributed by atoms with Crippen molar-refractivity contribution in [2.24, 2.45) is 0 Å². The van der Waals surface area contributed by atoms with Crippen LogP contribution in [0.1, 0.15) is 43.7 Å². The summed E-state index contributed by atoms with van der Waals surface area (Å²) in [6.07, 6.45) is 1.93. The zero-order valence-corrected chi connectivity index (χ0v) is 20.5. The number of aromatic nitrogens is 2. The molecule has 0 aliphatic heterocycles. The minimum absolute atomic E-state index is 0.0627. The number of hydrogen-bond donors (Lipinski definition) is 1. The molecule has 0 spiro atoms. The molecule has 182 valence electrons. The fourth-order valence-electron chi connectivity index (χ4n) is 3.66. The highest BCUT2D eigenvalue weighted by molar-refractivity contribution is 7.89. The Balaban J connectivity index is 1.98. The molecule has 3 rings (SSSR count). The van der Waals surface area contributed by atoms with Crippen molar-refractivity contribution in [3.63, 3.8) is 0 Å². The van der Waals surface area contributed by atoms with Crippen molar-refractivity contribution in [2.45, 2.75) is 39.0 Å². The molecule has 0 bridgehead atoms. The molecule has 8 nitrogen and oxygen atoms in total. The third kappa shape index (κ3) is 5.13. The van der Waals surface area contributed by atoms with Crippen LogP contribution in [0.5, 0.6) is 5.75 Å². The third-order valence-electron chi connectivity index (χ3n) is 5.36. The third-order valence-corrected chi connectivity index (χ3v) is 7.41. The normalized spacial score (nSPS) is 11.6. The molecule has 1 aromatic heterocycles. The number of nitrogens with zero attached hydrogens (tertiary/aromatic N) is 3. The Hall–Kier alpha value is -3.24. The second-order valence-electron chi connectivity index (χ2n) is 7.38. The molecule has 10 heteroatoms. The van der Waals surface area contributed by atoms with E-state index in [2.05, 4.69) is 10.4 Å². The molecule has 1 amide bonds. The summed E-state index contributed by atoms with van der Waals surface area (Å²) in [5, 5.41) is 7.10. The van der Waals surface area contributed by atoms with Crippen LogP contribution in [-0.4, -0.2) is 48.1 Å². The van der Waals surface area contributed by atoms with Crippen LogP contribution in [0.3, 0.4) is 0 Å². The lowest BCUT2D eigenvalue weighted by atomic mass is 10.1. The molecule has 0 fully saturated rings.